The van der Waals surface area contributed by atoms with Crippen molar-refractivity contribution < 1.29 is 35.0 Å². The van der Waals surface area contributed by atoms with Crippen LogP contribution in [0.5, 0.6) is 0 Å². The lowest BCUT2D eigenvalue weighted by atomic mass is 10.00. The molecule has 7 heteroatoms. The minimum absolute atomic E-state index is 0.526. The molecule has 0 radical (unpaired) electrons. The zero-order valence-electron chi connectivity index (χ0n) is 15.5. The van der Waals surface area contributed by atoms with Crippen LogP contribution in [0.25, 0.3) is 0 Å². The van der Waals surface area contributed by atoms with E-state index in [1.54, 1.807) is 6.26 Å². The molecule has 0 bridgehead atoms. The summed E-state index contributed by atoms with van der Waals surface area (Å²) in [5, 5.41) is 44.7. The van der Waals surface area contributed by atoms with Crippen molar-refractivity contribution >= 4 is 0 Å². The van der Waals surface area contributed by atoms with Crippen LogP contribution in [0.2, 0.25) is 0 Å². The van der Waals surface area contributed by atoms with Crippen molar-refractivity contribution in [2.45, 2.75) is 82.6 Å². The summed E-state index contributed by atoms with van der Waals surface area (Å²) in [5.74, 6) is 0. The molecule has 0 aliphatic carbocycles. The molecule has 0 spiro atoms. The van der Waals surface area contributed by atoms with Crippen molar-refractivity contribution in [2.24, 2.45) is 0 Å². The van der Waals surface area contributed by atoms with E-state index in [-0.39, 0.29) is 0 Å². The van der Waals surface area contributed by atoms with E-state index in [4.69, 9.17) is 30.3 Å². The van der Waals surface area contributed by atoms with Gasteiger partial charge in [0.05, 0.1) is 12.9 Å². The highest BCUT2D eigenvalue weighted by molar-refractivity contribution is 5.14. The first-order valence-electron chi connectivity index (χ1n) is 9.46. The van der Waals surface area contributed by atoms with E-state index >= 15 is 0 Å². The van der Waals surface area contributed by atoms with Crippen LogP contribution in [0.4, 0.5) is 0 Å². The van der Waals surface area contributed by atoms with Gasteiger partial charge < -0.3 is 35.0 Å². The summed E-state index contributed by atoms with van der Waals surface area (Å²) in [6, 6.07) is 0. The van der Waals surface area contributed by atoms with Crippen LogP contribution < -0.4 is 0 Å². The monoisotopic (exact) mass is 374 g/mol. The lowest BCUT2D eigenvalue weighted by Crippen LogP contribution is -2.58. The van der Waals surface area contributed by atoms with Gasteiger partial charge in [0.15, 0.2) is 6.29 Å². The highest BCUT2D eigenvalue weighted by Gasteiger charge is 2.42. The Morgan fingerprint density at radius 1 is 0.962 bits per heavy atom. The van der Waals surface area contributed by atoms with Crippen LogP contribution in [0.3, 0.4) is 0 Å². The van der Waals surface area contributed by atoms with Gasteiger partial charge in [-0.25, -0.2) is 0 Å². The summed E-state index contributed by atoms with van der Waals surface area (Å²) in [7, 11) is 0. The molecule has 1 unspecified atom stereocenters. The smallest absolute Gasteiger partial charge is 0.184 e. The zero-order chi connectivity index (χ0) is 19.4. The Morgan fingerprint density at radius 2 is 1.65 bits per heavy atom. The molecular formula is C19H34O7. The molecule has 26 heavy (non-hydrogen) atoms. The standard InChI is InChI=1S/C13H22O.C6H12O6/c1-2-3-4-5-6-7-9-13-10-8-11-14-12-13;7-1-2-3(8)4(9)5(10)6(11)12-2/h8,10-11H,2-7,9,12H2,1H3;2-11H,1H2/t;2-,3-,4+,5-,6?/m.1/s1. The predicted molar refractivity (Wildman–Crippen MR) is 97.2 cm³/mol. The van der Waals surface area contributed by atoms with E-state index in [1.165, 1.54) is 50.5 Å². The molecule has 152 valence electrons. The summed E-state index contributed by atoms with van der Waals surface area (Å²) in [6.45, 7) is 2.55. The lowest BCUT2D eigenvalue weighted by Gasteiger charge is -2.37. The van der Waals surface area contributed by atoms with Crippen molar-refractivity contribution in [1.82, 2.24) is 0 Å². The fourth-order valence-corrected chi connectivity index (χ4v) is 2.80. The van der Waals surface area contributed by atoms with Crippen molar-refractivity contribution in [3.05, 3.63) is 24.0 Å². The van der Waals surface area contributed by atoms with E-state index in [2.05, 4.69) is 17.7 Å². The van der Waals surface area contributed by atoms with Gasteiger partial charge in [-0.2, -0.15) is 0 Å². The highest BCUT2D eigenvalue weighted by atomic mass is 16.6. The van der Waals surface area contributed by atoms with Crippen molar-refractivity contribution in [3.63, 3.8) is 0 Å². The van der Waals surface area contributed by atoms with Crippen molar-refractivity contribution in [1.29, 1.82) is 0 Å². The molecule has 0 aromatic heterocycles. The number of aliphatic hydroxyl groups excluding tert-OH is 5. The summed E-state index contributed by atoms with van der Waals surface area (Å²) >= 11 is 0. The molecule has 0 aromatic rings. The quantitative estimate of drug-likeness (QED) is 0.402. The fourth-order valence-electron chi connectivity index (χ4n) is 2.80. The van der Waals surface area contributed by atoms with Gasteiger partial charge in [0.2, 0.25) is 0 Å². The van der Waals surface area contributed by atoms with Crippen LogP contribution in [0.1, 0.15) is 51.9 Å². The molecule has 0 aromatic carbocycles. The Kier molecular flexibility index (Phi) is 11.8. The summed E-state index contributed by atoms with van der Waals surface area (Å²) in [6.07, 6.45) is 8.38. The van der Waals surface area contributed by atoms with Gasteiger partial charge in [-0.15, -0.1) is 0 Å². The van der Waals surface area contributed by atoms with Crippen molar-refractivity contribution in [2.75, 3.05) is 13.2 Å². The normalized spacial score (nSPS) is 30.8. The van der Waals surface area contributed by atoms with Crippen LogP contribution in [0.15, 0.2) is 24.0 Å². The Morgan fingerprint density at radius 3 is 2.27 bits per heavy atom. The molecule has 2 heterocycles. The number of unbranched alkanes of at least 4 members (excludes halogenated alkanes) is 5. The summed E-state index contributed by atoms with van der Waals surface area (Å²) < 4.78 is 9.80. The fraction of sp³-hybridized carbons (Fsp3) is 0.789. The largest absolute Gasteiger partial charge is 0.497 e. The minimum Gasteiger partial charge on any atom is -0.497 e. The van der Waals surface area contributed by atoms with Crippen LogP contribution in [-0.4, -0.2) is 69.5 Å². The van der Waals surface area contributed by atoms with E-state index in [9.17, 15) is 0 Å². The molecule has 2 aliphatic rings. The maximum Gasteiger partial charge on any atom is 0.184 e. The number of allylic oxidation sites excluding steroid dienone is 2. The van der Waals surface area contributed by atoms with Crippen LogP contribution in [0, 0.1) is 0 Å². The topological polar surface area (TPSA) is 120 Å². The third-order valence-corrected chi connectivity index (χ3v) is 4.49. The Hall–Kier alpha value is -0.960. The van der Waals surface area contributed by atoms with Gasteiger partial charge in [0.1, 0.15) is 31.0 Å². The number of ether oxygens (including phenoxy) is 2. The van der Waals surface area contributed by atoms with Gasteiger partial charge in [0, 0.05) is 0 Å². The molecule has 5 atom stereocenters. The second kappa shape index (κ2) is 13.2. The number of rotatable bonds is 8. The molecule has 0 amide bonds. The number of hydrogen-bond donors (Lipinski definition) is 5. The van der Waals surface area contributed by atoms with Crippen molar-refractivity contribution in [3.8, 4) is 0 Å². The second-order valence-corrected chi connectivity index (χ2v) is 6.70. The third kappa shape index (κ3) is 8.16. The molecular weight excluding hydrogens is 340 g/mol. The molecule has 1 saturated heterocycles. The van der Waals surface area contributed by atoms with E-state index in [0.717, 1.165) is 6.61 Å². The predicted octanol–water partition coefficient (Wildman–Crippen LogP) is 0.986. The van der Waals surface area contributed by atoms with Crippen LogP contribution in [-0.2, 0) is 9.47 Å². The molecule has 7 nitrogen and oxygen atoms in total. The van der Waals surface area contributed by atoms with Gasteiger partial charge >= 0.3 is 0 Å². The SMILES string of the molecule is CCCCCCCCC1=CC=COC1.OC[C@H]1OC(O)[C@H](O)[C@@H](O)[C@@H]1O. The maximum atomic E-state index is 9.12. The molecule has 2 rings (SSSR count). The molecule has 0 saturated carbocycles. The first-order chi connectivity index (χ1) is 12.5. The lowest BCUT2D eigenvalue weighted by molar-refractivity contribution is -0.286. The number of hydrogen-bond acceptors (Lipinski definition) is 7. The summed E-state index contributed by atoms with van der Waals surface area (Å²) in [4.78, 5) is 0. The average Bonchev–Trinajstić information content (AvgIpc) is 2.67. The van der Waals surface area contributed by atoms with Gasteiger partial charge in [0.25, 0.3) is 0 Å². The van der Waals surface area contributed by atoms with Gasteiger partial charge in [-0.1, -0.05) is 45.1 Å². The Balaban J connectivity index is 0.000000263. The molecule has 1 fully saturated rings. The average molecular weight is 374 g/mol. The van der Waals surface area contributed by atoms with E-state index in [1.807, 2.05) is 6.08 Å². The number of aliphatic hydroxyl groups is 5. The molecule has 2 aliphatic heterocycles. The Bertz CT molecular complexity index is 419. The van der Waals surface area contributed by atoms with Gasteiger partial charge in [-0.3, -0.25) is 0 Å². The zero-order valence-corrected chi connectivity index (χ0v) is 15.5. The minimum atomic E-state index is -1.57. The van der Waals surface area contributed by atoms with E-state index < -0.39 is 37.3 Å². The van der Waals surface area contributed by atoms with Gasteiger partial charge in [-0.05, 0) is 24.5 Å². The highest BCUT2D eigenvalue weighted by Crippen LogP contribution is 2.19. The maximum absolute atomic E-state index is 9.12. The van der Waals surface area contributed by atoms with Crippen LogP contribution >= 0.6 is 0 Å². The second-order valence-electron chi connectivity index (χ2n) is 6.70. The first kappa shape index (κ1) is 23.1. The third-order valence-electron chi connectivity index (χ3n) is 4.49. The molecule has 5 N–H and O–H groups in total. The Labute approximate surface area is 155 Å². The van der Waals surface area contributed by atoms with E-state index in [0.29, 0.717) is 0 Å². The first-order valence-corrected chi connectivity index (χ1v) is 9.46. The summed E-state index contributed by atoms with van der Waals surface area (Å²) in [5.41, 5.74) is 1.45.